The van der Waals surface area contributed by atoms with Crippen LogP contribution in [0.15, 0.2) is 221 Å². The molecule has 0 saturated carbocycles. The van der Waals surface area contributed by atoms with Crippen molar-refractivity contribution in [3.8, 4) is 22.3 Å². The minimum Gasteiger partial charge on any atom is -0.0991 e. The zero-order valence-electron chi connectivity index (χ0n) is 33.4. The fourth-order valence-electron chi connectivity index (χ4n) is 7.02. The summed E-state index contributed by atoms with van der Waals surface area (Å²) in [5.41, 5.74) is 14.1. The maximum absolute atomic E-state index is 4.76. The zero-order chi connectivity index (χ0) is 40.0. The first-order valence-electron chi connectivity index (χ1n) is 19.0. The van der Waals surface area contributed by atoms with Gasteiger partial charge in [-0.25, -0.2) is 0 Å². The SMILES string of the molecule is C=C\C=C/C=C/C(=C/C)/C=C(\C)c1ccccccc(-c2cccc(-c3ccccc3)c2)c2c(C(=C)/C=C\C=C)c3cc(C)c(C)cc3c(C(=C)/C=C\C=C)c12. The van der Waals surface area contributed by atoms with Gasteiger partial charge in [0.25, 0.3) is 0 Å². The van der Waals surface area contributed by atoms with Gasteiger partial charge in [0.2, 0.25) is 0 Å². The van der Waals surface area contributed by atoms with Crippen molar-refractivity contribution in [2.24, 2.45) is 0 Å². The van der Waals surface area contributed by atoms with Crippen LogP contribution >= 0.6 is 0 Å². The van der Waals surface area contributed by atoms with E-state index >= 15 is 0 Å². The van der Waals surface area contributed by atoms with Gasteiger partial charge in [-0.1, -0.05) is 209 Å². The molecule has 0 aromatic heterocycles. The van der Waals surface area contributed by atoms with Crippen molar-refractivity contribution in [1.82, 2.24) is 0 Å². The molecule has 0 bridgehead atoms. The summed E-state index contributed by atoms with van der Waals surface area (Å²) >= 11 is 0. The topological polar surface area (TPSA) is 0 Å². The number of rotatable bonds is 13. The number of benzene rings is 4. The summed E-state index contributed by atoms with van der Waals surface area (Å²) in [7, 11) is 0. The first kappa shape index (κ1) is 40.4. The third-order valence-electron chi connectivity index (χ3n) is 9.90. The maximum Gasteiger partial charge on any atom is -0.000820 e. The van der Waals surface area contributed by atoms with Crippen LogP contribution < -0.4 is 0 Å². The number of aryl methyl sites for hydroxylation is 2. The van der Waals surface area contributed by atoms with Gasteiger partial charge in [0.15, 0.2) is 0 Å². The standard InChI is InChI=1S/C56H52/c1-10-14-17-21-29-45(13-4)36-44(9)49-34-24-18-19-25-35-50(48-33-26-32-47(39-48)46-30-22-20-23-31-46)56-54(41(6)28-16-12-3)52-38-43(8)42(7)37-51(52)53(55(49)56)40(5)27-15-11-2/h10-39H,1-3,5-6H2,4,7-9H3/b17-14-,19-18?,24-18?,25-19?,27-15-,28-16-,29-21+,34-24?,35-25?,44-36+,45-13-,49-34?,50-35?,55-49?,56-50?. The van der Waals surface area contributed by atoms with Crippen LogP contribution in [-0.2, 0) is 0 Å². The molecule has 0 nitrogen and oxygen atoms in total. The van der Waals surface area contributed by atoms with Gasteiger partial charge < -0.3 is 0 Å². The van der Waals surface area contributed by atoms with Gasteiger partial charge >= 0.3 is 0 Å². The van der Waals surface area contributed by atoms with Crippen LogP contribution in [-0.4, -0.2) is 0 Å². The molecule has 5 aromatic rings. The van der Waals surface area contributed by atoms with Crippen molar-refractivity contribution < 1.29 is 0 Å². The number of hydrogen-bond donors (Lipinski definition) is 0. The molecule has 5 rings (SSSR count). The smallest absolute Gasteiger partial charge is 0.000820 e. The molecule has 0 N–H and O–H groups in total. The molecule has 0 amide bonds. The Hall–Kier alpha value is -6.76. The van der Waals surface area contributed by atoms with E-state index in [1.807, 2.05) is 30.4 Å². The molecular formula is C56H52. The second-order valence-electron chi connectivity index (χ2n) is 13.7. The molecule has 0 heteroatoms. The Morgan fingerprint density at radius 1 is 0.518 bits per heavy atom. The van der Waals surface area contributed by atoms with E-state index in [0.29, 0.717) is 0 Å². The van der Waals surface area contributed by atoms with Crippen LogP contribution in [0, 0.1) is 13.8 Å². The van der Waals surface area contributed by atoms with Crippen LogP contribution in [0.25, 0.3) is 60.5 Å². The van der Waals surface area contributed by atoms with E-state index < -0.39 is 0 Å². The minimum absolute atomic E-state index is 0.890. The first-order valence-corrected chi connectivity index (χ1v) is 19.0. The quantitative estimate of drug-likeness (QED) is 0.106. The summed E-state index contributed by atoms with van der Waals surface area (Å²) in [5, 5.41) is 4.39. The lowest BCUT2D eigenvalue weighted by molar-refractivity contribution is 1.36. The predicted molar refractivity (Wildman–Crippen MR) is 252 cm³/mol. The Morgan fingerprint density at radius 3 is 1.66 bits per heavy atom. The van der Waals surface area contributed by atoms with Crippen LogP contribution in [0.2, 0.25) is 0 Å². The van der Waals surface area contributed by atoms with Crippen LogP contribution in [0.3, 0.4) is 0 Å². The van der Waals surface area contributed by atoms with E-state index in [0.717, 1.165) is 82.8 Å². The van der Waals surface area contributed by atoms with Crippen molar-refractivity contribution in [2.45, 2.75) is 27.7 Å². The molecule has 0 unspecified atom stereocenters. The normalized spacial score (nSPS) is 12.2. The molecule has 0 saturated heterocycles. The molecule has 0 spiro atoms. The van der Waals surface area contributed by atoms with Gasteiger partial charge in [-0.05, 0) is 128 Å². The lowest BCUT2D eigenvalue weighted by Crippen LogP contribution is -1.99. The summed E-state index contributed by atoms with van der Waals surface area (Å²) in [6, 6.07) is 37.0. The van der Waals surface area contributed by atoms with Crippen molar-refractivity contribution in [3.05, 3.63) is 248 Å². The van der Waals surface area contributed by atoms with E-state index in [1.165, 1.54) is 11.1 Å². The Labute approximate surface area is 335 Å². The van der Waals surface area contributed by atoms with Gasteiger partial charge in [0.1, 0.15) is 0 Å². The lowest BCUT2D eigenvalue weighted by Gasteiger charge is -2.23. The summed E-state index contributed by atoms with van der Waals surface area (Å²) in [6.45, 7) is 30.0. The molecule has 0 aliphatic heterocycles. The molecule has 0 atom stereocenters. The molecule has 56 heavy (non-hydrogen) atoms. The second-order valence-corrected chi connectivity index (χ2v) is 13.7. The van der Waals surface area contributed by atoms with Gasteiger partial charge in [-0.15, -0.1) is 0 Å². The van der Waals surface area contributed by atoms with E-state index in [4.69, 9.17) is 13.2 Å². The summed E-state index contributed by atoms with van der Waals surface area (Å²) in [4.78, 5) is 0. The highest BCUT2D eigenvalue weighted by Crippen LogP contribution is 2.46. The first-order chi connectivity index (χ1) is 27.2. The fourth-order valence-corrected chi connectivity index (χ4v) is 7.02. The molecule has 0 heterocycles. The summed E-state index contributed by atoms with van der Waals surface area (Å²) < 4.78 is 0. The van der Waals surface area contributed by atoms with Crippen molar-refractivity contribution >= 4 is 38.3 Å². The number of hydrogen-bond acceptors (Lipinski definition) is 0. The molecular weight excluding hydrogens is 673 g/mol. The molecule has 0 fully saturated rings. The molecule has 0 aliphatic carbocycles. The zero-order valence-corrected chi connectivity index (χ0v) is 33.4. The molecule has 276 valence electrons. The second kappa shape index (κ2) is 19.5. The molecule has 0 radical (unpaired) electrons. The van der Waals surface area contributed by atoms with Crippen LogP contribution in [0.5, 0.6) is 0 Å². The van der Waals surface area contributed by atoms with Crippen LogP contribution in [0.1, 0.15) is 41.7 Å². The van der Waals surface area contributed by atoms with Gasteiger partial charge in [0, 0.05) is 0 Å². The van der Waals surface area contributed by atoms with Gasteiger partial charge in [-0.3, -0.25) is 0 Å². The Kier molecular flexibility index (Phi) is 14.1. The number of allylic oxidation sites excluding steroid dienone is 17. The van der Waals surface area contributed by atoms with E-state index in [9.17, 15) is 0 Å². The molecule has 0 aliphatic rings. The van der Waals surface area contributed by atoms with Crippen LogP contribution in [0.4, 0.5) is 0 Å². The highest BCUT2D eigenvalue weighted by Gasteiger charge is 2.22. The predicted octanol–water partition coefficient (Wildman–Crippen LogP) is 16.2. The average Bonchev–Trinajstić information content (AvgIpc) is 3.21. The average molecular weight is 725 g/mol. The third-order valence-corrected chi connectivity index (χ3v) is 9.90. The molecule has 5 aromatic carbocycles. The highest BCUT2D eigenvalue weighted by molar-refractivity contribution is 6.22. The van der Waals surface area contributed by atoms with Crippen molar-refractivity contribution in [1.29, 1.82) is 0 Å². The summed E-state index contributed by atoms with van der Waals surface area (Å²) in [5.74, 6) is 0. The van der Waals surface area contributed by atoms with E-state index in [2.05, 4.69) is 181 Å². The van der Waals surface area contributed by atoms with Crippen molar-refractivity contribution in [2.75, 3.05) is 0 Å². The third kappa shape index (κ3) is 9.30. The minimum atomic E-state index is 0.890. The van der Waals surface area contributed by atoms with Gasteiger partial charge in [-0.2, -0.15) is 0 Å². The largest absolute Gasteiger partial charge is 0.0991 e. The number of fused-ring (bicyclic) bond motifs is 2. The Bertz CT molecular complexity index is 2570. The van der Waals surface area contributed by atoms with Gasteiger partial charge in [0.05, 0.1) is 0 Å². The lowest BCUT2D eigenvalue weighted by atomic mass is 9.80. The Morgan fingerprint density at radius 2 is 1.05 bits per heavy atom. The van der Waals surface area contributed by atoms with Crippen molar-refractivity contribution in [3.63, 3.8) is 0 Å². The highest BCUT2D eigenvalue weighted by atomic mass is 14.2. The Balaban J connectivity index is 2.17. The maximum atomic E-state index is 4.76. The monoisotopic (exact) mass is 724 g/mol. The summed E-state index contributed by atoms with van der Waals surface area (Å²) in [6.07, 6.45) is 25.9. The fraction of sp³-hybridized carbons (Fsp3) is 0.0714. The van der Waals surface area contributed by atoms with E-state index in [-0.39, 0.29) is 0 Å². The van der Waals surface area contributed by atoms with E-state index in [1.54, 1.807) is 18.2 Å².